The Morgan fingerprint density at radius 2 is 1.44 bits per heavy atom. The summed E-state index contributed by atoms with van der Waals surface area (Å²) in [6, 6.07) is 20.2. The molecule has 0 bridgehead atoms. The summed E-state index contributed by atoms with van der Waals surface area (Å²) in [6.07, 6.45) is 4.12. The highest BCUT2D eigenvalue weighted by molar-refractivity contribution is 6.49. The number of allylic oxidation sites excluding steroid dienone is 2. The van der Waals surface area contributed by atoms with Gasteiger partial charge in [-0.2, -0.15) is 0 Å². The van der Waals surface area contributed by atoms with E-state index in [0.717, 1.165) is 16.2 Å². The van der Waals surface area contributed by atoms with Crippen LogP contribution in [0.1, 0.15) is 18.1 Å². The van der Waals surface area contributed by atoms with E-state index < -0.39 is 0 Å². The first-order valence-corrected chi connectivity index (χ1v) is 6.30. The molecule has 18 heavy (non-hydrogen) atoms. The van der Waals surface area contributed by atoms with E-state index in [2.05, 4.69) is 18.2 Å². The molecule has 0 fully saturated rings. The molecule has 0 heterocycles. The van der Waals surface area contributed by atoms with Crippen molar-refractivity contribution in [3.8, 4) is 0 Å². The van der Waals surface area contributed by atoms with Gasteiger partial charge < -0.3 is 0 Å². The van der Waals surface area contributed by atoms with Crippen LogP contribution in [-0.2, 0) is 0 Å². The van der Waals surface area contributed by atoms with E-state index in [1.807, 2.05) is 61.5 Å². The van der Waals surface area contributed by atoms with Gasteiger partial charge in [-0.05, 0) is 23.6 Å². The SMILES string of the molecule is CC(/C=C/c1ccccc1)=C(/Cl)c1ccccc1. The van der Waals surface area contributed by atoms with Crippen LogP contribution in [0.3, 0.4) is 0 Å². The molecule has 0 aliphatic rings. The van der Waals surface area contributed by atoms with Gasteiger partial charge in [0.25, 0.3) is 0 Å². The normalized spacial score (nSPS) is 12.6. The Kier molecular flexibility index (Phi) is 4.38. The smallest absolute Gasteiger partial charge is 0.0507 e. The van der Waals surface area contributed by atoms with Gasteiger partial charge in [-0.15, -0.1) is 0 Å². The zero-order valence-electron chi connectivity index (χ0n) is 10.3. The average molecular weight is 255 g/mol. The monoisotopic (exact) mass is 254 g/mol. The van der Waals surface area contributed by atoms with Crippen LogP contribution in [0.5, 0.6) is 0 Å². The number of rotatable bonds is 3. The first-order chi connectivity index (χ1) is 8.77. The molecule has 0 aliphatic heterocycles. The topological polar surface area (TPSA) is 0 Å². The predicted molar refractivity (Wildman–Crippen MR) is 80.4 cm³/mol. The second kappa shape index (κ2) is 6.23. The van der Waals surface area contributed by atoms with Gasteiger partial charge in [0.15, 0.2) is 0 Å². The van der Waals surface area contributed by atoms with Crippen molar-refractivity contribution in [1.29, 1.82) is 0 Å². The lowest BCUT2D eigenvalue weighted by Crippen LogP contribution is -1.79. The van der Waals surface area contributed by atoms with Gasteiger partial charge in [0.2, 0.25) is 0 Å². The molecule has 0 unspecified atom stereocenters. The van der Waals surface area contributed by atoms with Crippen molar-refractivity contribution < 1.29 is 0 Å². The van der Waals surface area contributed by atoms with Crippen LogP contribution in [0.25, 0.3) is 11.1 Å². The molecule has 90 valence electrons. The van der Waals surface area contributed by atoms with Crippen LogP contribution in [0, 0.1) is 0 Å². The van der Waals surface area contributed by atoms with Gasteiger partial charge in [-0.3, -0.25) is 0 Å². The van der Waals surface area contributed by atoms with Crippen molar-refractivity contribution in [2.45, 2.75) is 6.92 Å². The molecule has 2 rings (SSSR count). The van der Waals surface area contributed by atoms with Crippen molar-refractivity contribution in [3.05, 3.63) is 83.4 Å². The molecule has 2 aromatic carbocycles. The van der Waals surface area contributed by atoms with Gasteiger partial charge in [-0.1, -0.05) is 84.4 Å². The maximum Gasteiger partial charge on any atom is 0.0507 e. The van der Waals surface area contributed by atoms with Crippen molar-refractivity contribution in [2.24, 2.45) is 0 Å². The minimum atomic E-state index is 0.794. The minimum absolute atomic E-state index is 0.794. The second-order valence-corrected chi connectivity index (χ2v) is 4.49. The second-order valence-electron chi connectivity index (χ2n) is 4.11. The van der Waals surface area contributed by atoms with Crippen LogP contribution in [0.2, 0.25) is 0 Å². The van der Waals surface area contributed by atoms with Gasteiger partial charge >= 0.3 is 0 Å². The maximum absolute atomic E-state index is 6.35. The summed E-state index contributed by atoms with van der Waals surface area (Å²) < 4.78 is 0. The van der Waals surface area contributed by atoms with E-state index in [0.29, 0.717) is 0 Å². The Hall–Kier alpha value is -1.79. The van der Waals surface area contributed by atoms with E-state index in [1.165, 1.54) is 5.56 Å². The molecule has 0 radical (unpaired) electrons. The largest absolute Gasteiger partial charge is 0.0834 e. The zero-order valence-corrected chi connectivity index (χ0v) is 11.1. The highest BCUT2D eigenvalue weighted by Gasteiger charge is 1.99. The molecule has 0 aliphatic carbocycles. The van der Waals surface area contributed by atoms with E-state index in [-0.39, 0.29) is 0 Å². The first kappa shape index (κ1) is 12.7. The van der Waals surface area contributed by atoms with Crippen molar-refractivity contribution in [2.75, 3.05) is 0 Å². The third-order valence-electron chi connectivity index (χ3n) is 2.70. The van der Waals surface area contributed by atoms with Gasteiger partial charge in [0.05, 0.1) is 5.03 Å². The van der Waals surface area contributed by atoms with E-state index in [9.17, 15) is 0 Å². The number of halogens is 1. The summed E-state index contributed by atoms with van der Waals surface area (Å²) in [5.41, 5.74) is 3.29. The van der Waals surface area contributed by atoms with Gasteiger partial charge in [-0.25, -0.2) is 0 Å². The predicted octanol–water partition coefficient (Wildman–Crippen LogP) is 5.37. The molecule has 2 aromatic rings. The van der Waals surface area contributed by atoms with Crippen molar-refractivity contribution in [1.82, 2.24) is 0 Å². The molecule has 0 nitrogen and oxygen atoms in total. The van der Waals surface area contributed by atoms with Crippen LogP contribution in [0.15, 0.2) is 72.3 Å². The van der Waals surface area contributed by atoms with Crippen LogP contribution in [0.4, 0.5) is 0 Å². The molecule has 0 amide bonds. The third kappa shape index (κ3) is 3.35. The summed E-state index contributed by atoms with van der Waals surface area (Å²) in [4.78, 5) is 0. The highest BCUT2D eigenvalue weighted by Crippen LogP contribution is 2.23. The van der Waals surface area contributed by atoms with E-state index in [1.54, 1.807) is 0 Å². The van der Waals surface area contributed by atoms with Crippen LogP contribution in [-0.4, -0.2) is 0 Å². The van der Waals surface area contributed by atoms with Gasteiger partial charge in [0.1, 0.15) is 0 Å². The average Bonchev–Trinajstić information content (AvgIpc) is 2.46. The lowest BCUT2D eigenvalue weighted by Gasteiger charge is -2.02. The van der Waals surface area contributed by atoms with Crippen LogP contribution >= 0.6 is 11.6 Å². The molecule has 0 saturated heterocycles. The Morgan fingerprint density at radius 1 is 0.889 bits per heavy atom. The number of hydrogen-bond acceptors (Lipinski definition) is 0. The fourth-order valence-electron chi connectivity index (χ4n) is 1.67. The summed E-state index contributed by atoms with van der Waals surface area (Å²) in [7, 11) is 0. The van der Waals surface area contributed by atoms with Gasteiger partial charge in [0, 0.05) is 0 Å². The van der Waals surface area contributed by atoms with Crippen molar-refractivity contribution >= 4 is 22.7 Å². The minimum Gasteiger partial charge on any atom is -0.0834 e. The lowest BCUT2D eigenvalue weighted by molar-refractivity contribution is 1.53. The Labute approximate surface area is 113 Å². The summed E-state index contributed by atoms with van der Waals surface area (Å²) in [6.45, 7) is 2.02. The lowest BCUT2D eigenvalue weighted by atomic mass is 10.1. The molecule has 1 heteroatoms. The summed E-state index contributed by atoms with van der Waals surface area (Å²) in [5, 5.41) is 0.794. The van der Waals surface area contributed by atoms with Crippen molar-refractivity contribution in [3.63, 3.8) is 0 Å². The molecular formula is C17H15Cl. The molecule has 0 spiro atoms. The molecule has 0 saturated carbocycles. The fourth-order valence-corrected chi connectivity index (χ4v) is 1.86. The summed E-state index contributed by atoms with van der Waals surface area (Å²) in [5.74, 6) is 0. The Bertz CT molecular complexity index is 551. The molecule has 0 atom stereocenters. The third-order valence-corrected chi connectivity index (χ3v) is 3.22. The Morgan fingerprint density at radius 3 is 2.06 bits per heavy atom. The quantitative estimate of drug-likeness (QED) is 0.646. The standard InChI is InChI=1S/C17H15Cl/c1-14(12-13-15-8-4-2-5-9-15)17(18)16-10-6-3-7-11-16/h2-13H,1H3/b13-12+,17-14-. The highest BCUT2D eigenvalue weighted by atomic mass is 35.5. The maximum atomic E-state index is 6.35. The fraction of sp³-hybridized carbons (Fsp3) is 0.0588. The molecule has 0 N–H and O–H groups in total. The molecular weight excluding hydrogens is 240 g/mol. The van der Waals surface area contributed by atoms with E-state index in [4.69, 9.17) is 11.6 Å². The zero-order chi connectivity index (χ0) is 12.8. The van der Waals surface area contributed by atoms with Crippen LogP contribution < -0.4 is 0 Å². The number of hydrogen-bond donors (Lipinski definition) is 0. The Balaban J connectivity index is 2.21. The summed E-state index contributed by atoms with van der Waals surface area (Å²) >= 11 is 6.35. The van der Waals surface area contributed by atoms with E-state index >= 15 is 0 Å². The number of benzene rings is 2. The first-order valence-electron chi connectivity index (χ1n) is 5.92. The molecule has 0 aromatic heterocycles.